The van der Waals surface area contributed by atoms with Gasteiger partial charge in [-0.15, -0.1) is 5.10 Å². The van der Waals surface area contributed by atoms with Gasteiger partial charge in [-0.3, -0.25) is 9.59 Å². The van der Waals surface area contributed by atoms with E-state index in [2.05, 4.69) is 26.6 Å². The molecular weight excluding hydrogens is 716 g/mol. The molecule has 1 atom stereocenters. The van der Waals surface area contributed by atoms with Gasteiger partial charge >= 0.3 is 0 Å². The molecule has 0 aliphatic carbocycles. The first-order valence-electron chi connectivity index (χ1n) is 15.7. The SMILES string of the molecule is COc1cc(C2C(C(=O)Nc3ccccc3C)=C(C)Nc3nc(SCc4ccccc4Cl)nn32)cc(Br)c1OCC(=O)N1CCCCC1. The number of thioether (sulfide) groups is 1. The predicted molar refractivity (Wildman–Crippen MR) is 192 cm³/mol. The van der Waals surface area contributed by atoms with Crippen molar-refractivity contribution in [2.24, 2.45) is 0 Å². The van der Waals surface area contributed by atoms with E-state index >= 15 is 0 Å². The number of aromatic nitrogens is 3. The summed E-state index contributed by atoms with van der Waals surface area (Å²) in [6, 6.07) is 18.3. The van der Waals surface area contributed by atoms with Crippen LogP contribution in [0.4, 0.5) is 11.6 Å². The van der Waals surface area contributed by atoms with Crippen LogP contribution in [0.5, 0.6) is 11.5 Å². The summed E-state index contributed by atoms with van der Waals surface area (Å²) in [6.07, 6.45) is 3.14. The predicted octanol–water partition coefficient (Wildman–Crippen LogP) is 7.62. The second-order valence-corrected chi connectivity index (χ2v) is 13.8. The number of halogens is 2. The number of hydrogen-bond donors (Lipinski definition) is 2. The van der Waals surface area contributed by atoms with Crippen molar-refractivity contribution in [2.75, 3.05) is 37.4 Å². The highest BCUT2D eigenvalue weighted by molar-refractivity contribution is 9.10. The zero-order chi connectivity index (χ0) is 33.8. The van der Waals surface area contributed by atoms with E-state index in [1.165, 1.54) is 11.8 Å². The molecule has 2 aliphatic rings. The Balaban J connectivity index is 1.35. The molecule has 250 valence electrons. The Bertz CT molecular complexity index is 1880. The van der Waals surface area contributed by atoms with Crippen molar-refractivity contribution in [1.29, 1.82) is 0 Å². The molecular formula is C35H36BrClN6O4S. The van der Waals surface area contributed by atoms with Gasteiger partial charge in [-0.1, -0.05) is 59.8 Å². The summed E-state index contributed by atoms with van der Waals surface area (Å²) in [5.41, 5.74) is 4.42. The number of carbonyl (C=O) groups excluding carboxylic acids is 2. The summed E-state index contributed by atoms with van der Waals surface area (Å²) in [6.45, 7) is 5.18. The highest BCUT2D eigenvalue weighted by Crippen LogP contribution is 2.43. The van der Waals surface area contributed by atoms with Crippen molar-refractivity contribution in [1.82, 2.24) is 19.7 Å². The zero-order valence-corrected chi connectivity index (χ0v) is 30.0. The van der Waals surface area contributed by atoms with Crippen molar-refractivity contribution < 1.29 is 19.1 Å². The molecule has 13 heteroatoms. The summed E-state index contributed by atoms with van der Waals surface area (Å²) in [5, 5.41) is 12.5. The lowest BCUT2D eigenvalue weighted by atomic mass is 9.94. The molecule has 1 unspecified atom stereocenters. The Labute approximate surface area is 297 Å². The molecule has 2 amide bonds. The first-order valence-corrected chi connectivity index (χ1v) is 17.8. The lowest BCUT2D eigenvalue weighted by Gasteiger charge is -2.29. The van der Waals surface area contributed by atoms with E-state index < -0.39 is 6.04 Å². The van der Waals surface area contributed by atoms with E-state index in [0.717, 1.165) is 43.5 Å². The van der Waals surface area contributed by atoms with Crippen molar-refractivity contribution in [2.45, 2.75) is 50.1 Å². The maximum Gasteiger partial charge on any atom is 0.260 e. The number of ether oxygens (including phenoxy) is 2. The molecule has 3 heterocycles. The fourth-order valence-electron chi connectivity index (χ4n) is 5.86. The summed E-state index contributed by atoms with van der Waals surface area (Å²) in [4.78, 5) is 33.6. The van der Waals surface area contributed by atoms with Crippen LogP contribution in [0.15, 0.2) is 81.6 Å². The van der Waals surface area contributed by atoms with Crippen LogP contribution in [0, 0.1) is 6.92 Å². The molecule has 10 nitrogen and oxygen atoms in total. The minimum atomic E-state index is -0.679. The highest BCUT2D eigenvalue weighted by Gasteiger charge is 2.36. The van der Waals surface area contributed by atoms with E-state index in [0.29, 0.717) is 60.4 Å². The average Bonchev–Trinajstić information content (AvgIpc) is 3.49. The largest absolute Gasteiger partial charge is 0.493 e. The van der Waals surface area contributed by atoms with E-state index in [4.69, 9.17) is 31.2 Å². The first kappa shape index (κ1) is 33.9. The Morgan fingerprint density at radius 1 is 1.08 bits per heavy atom. The van der Waals surface area contributed by atoms with Crippen LogP contribution in [0.1, 0.15) is 48.9 Å². The molecule has 0 spiro atoms. The molecule has 2 aliphatic heterocycles. The van der Waals surface area contributed by atoms with E-state index in [1.54, 1.807) is 11.8 Å². The minimum absolute atomic E-state index is 0.0612. The molecule has 2 N–H and O–H groups in total. The molecule has 0 bridgehead atoms. The van der Waals surface area contributed by atoms with E-state index in [1.807, 2.05) is 79.4 Å². The molecule has 0 saturated carbocycles. The number of piperidine rings is 1. The number of nitrogens with zero attached hydrogens (tertiary/aromatic N) is 4. The fourth-order valence-corrected chi connectivity index (χ4v) is 7.55. The number of anilines is 2. The van der Waals surface area contributed by atoms with Gasteiger partial charge < -0.3 is 25.0 Å². The highest BCUT2D eigenvalue weighted by atomic mass is 79.9. The number of likely N-dealkylation sites (tertiary alicyclic amines) is 1. The van der Waals surface area contributed by atoms with Crippen LogP contribution in [0.3, 0.4) is 0 Å². The lowest BCUT2D eigenvalue weighted by Crippen LogP contribution is -2.38. The van der Waals surface area contributed by atoms with Gasteiger partial charge in [-0.25, -0.2) is 4.68 Å². The molecule has 1 aromatic heterocycles. The van der Waals surface area contributed by atoms with Crippen LogP contribution in [-0.4, -0.2) is 58.3 Å². The summed E-state index contributed by atoms with van der Waals surface area (Å²) in [7, 11) is 1.55. The van der Waals surface area contributed by atoms with Crippen LogP contribution >= 0.6 is 39.3 Å². The minimum Gasteiger partial charge on any atom is -0.493 e. The summed E-state index contributed by atoms with van der Waals surface area (Å²) in [5.74, 6) is 1.54. The number of amides is 2. The molecule has 6 rings (SSSR count). The molecule has 0 radical (unpaired) electrons. The van der Waals surface area contributed by atoms with Crippen LogP contribution in [0.25, 0.3) is 0 Å². The molecule has 1 fully saturated rings. The van der Waals surface area contributed by atoms with Crippen molar-refractivity contribution in [3.05, 3.63) is 98.1 Å². The Morgan fingerprint density at radius 2 is 1.83 bits per heavy atom. The van der Waals surface area contributed by atoms with Crippen LogP contribution < -0.4 is 20.1 Å². The van der Waals surface area contributed by atoms with Crippen molar-refractivity contribution in [3.8, 4) is 11.5 Å². The first-order chi connectivity index (χ1) is 23.2. The van der Waals surface area contributed by atoms with E-state index in [9.17, 15) is 9.59 Å². The second-order valence-electron chi connectivity index (χ2n) is 11.6. The standard InChI is InChI=1S/C35H36BrClN6O4S/c1-21-11-5-8-14-27(21)39-33(45)30-22(2)38-34-40-35(48-20-23-12-6-7-13-26(23)37)41-43(34)31(30)24-17-25(36)32(28(18-24)46-3)47-19-29(44)42-15-9-4-10-16-42/h5-8,11-14,17-18,31H,4,9-10,15-16,19-20H2,1-3H3,(H,39,45)(H,38,40,41). The monoisotopic (exact) mass is 750 g/mol. The number of aryl methyl sites for hydroxylation is 1. The Morgan fingerprint density at radius 3 is 2.58 bits per heavy atom. The summed E-state index contributed by atoms with van der Waals surface area (Å²) < 4.78 is 14.1. The second kappa shape index (κ2) is 15.0. The van der Waals surface area contributed by atoms with Crippen molar-refractivity contribution >= 4 is 62.7 Å². The third-order valence-electron chi connectivity index (χ3n) is 8.40. The molecule has 1 saturated heterocycles. The maximum atomic E-state index is 14.1. The molecule has 3 aromatic carbocycles. The number of allylic oxidation sites excluding steroid dienone is 1. The number of fused-ring (bicyclic) bond motifs is 1. The number of nitrogens with one attached hydrogen (secondary N) is 2. The van der Waals surface area contributed by atoms with Gasteiger partial charge in [-0.05, 0) is 90.0 Å². The van der Waals surface area contributed by atoms with E-state index in [-0.39, 0.29) is 18.4 Å². The fraction of sp³-hybridized carbons (Fsp3) is 0.314. The van der Waals surface area contributed by atoms with Gasteiger partial charge in [0.25, 0.3) is 11.8 Å². The van der Waals surface area contributed by atoms with Gasteiger partial charge in [0, 0.05) is 35.2 Å². The number of hydrogen-bond acceptors (Lipinski definition) is 8. The third-order valence-corrected chi connectivity index (χ3v) is 10.2. The van der Waals surface area contributed by atoms with Crippen LogP contribution in [0.2, 0.25) is 5.02 Å². The molecule has 4 aromatic rings. The van der Waals surface area contributed by atoms with Crippen molar-refractivity contribution in [3.63, 3.8) is 0 Å². The number of para-hydroxylation sites is 1. The van der Waals surface area contributed by atoms with Gasteiger partial charge in [0.15, 0.2) is 18.1 Å². The lowest BCUT2D eigenvalue weighted by molar-refractivity contribution is -0.134. The Kier molecular flexibility index (Phi) is 10.6. The van der Waals surface area contributed by atoms with Gasteiger partial charge in [-0.2, -0.15) is 4.98 Å². The third kappa shape index (κ3) is 7.35. The maximum absolute atomic E-state index is 14.1. The molecule has 48 heavy (non-hydrogen) atoms. The summed E-state index contributed by atoms with van der Waals surface area (Å²) >= 11 is 11.5. The topological polar surface area (TPSA) is 111 Å². The number of carbonyl (C=O) groups is 2. The van der Waals surface area contributed by atoms with Gasteiger partial charge in [0.1, 0.15) is 6.04 Å². The quantitative estimate of drug-likeness (QED) is 0.159. The van der Waals surface area contributed by atoms with Gasteiger partial charge in [0.2, 0.25) is 11.1 Å². The average molecular weight is 752 g/mol. The number of benzene rings is 3. The van der Waals surface area contributed by atoms with Crippen LogP contribution in [-0.2, 0) is 15.3 Å². The normalized spacial score (nSPS) is 15.9. The van der Waals surface area contributed by atoms with Gasteiger partial charge in [0.05, 0.1) is 17.2 Å². The number of methoxy groups -OCH3 is 1. The smallest absolute Gasteiger partial charge is 0.260 e. The Hall–Kier alpha value is -4.00. The number of rotatable bonds is 10. The zero-order valence-electron chi connectivity index (χ0n) is 26.9.